The summed E-state index contributed by atoms with van der Waals surface area (Å²) in [6.45, 7) is 2.47. The Kier molecular flexibility index (Phi) is 82.8. The van der Waals surface area contributed by atoms with Crippen LogP contribution in [0, 0.1) is 0 Å². The molecule has 0 rings (SSSR count). The first-order valence-corrected chi connectivity index (χ1v) is 47.8. The highest BCUT2D eigenvalue weighted by Crippen LogP contribution is 2.45. The van der Waals surface area contributed by atoms with Crippen molar-refractivity contribution >= 4 is 33.6 Å². The first kappa shape index (κ1) is 108. The van der Waals surface area contributed by atoms with Gasteiger partial charge in [0, 0.05) is 19.3 Å². The minimum atomic E-state index is -4.96. The molecule has 0 aromatic rings. The van der Waals surface area contributed by atoms with Crippen molar-refractivity contribution in [3.63, 3.8) is 0 Å². The molecule has 648 valence electrons. The van der Waals surface area contributed by atoms with E-state index >= 15 is 0 Å². The van der Waals surface area contributed by atoms with E-state index in [0.29, 0.717) is 25.7 Å². The van der Waals surface area contributed by atoms with Gasteiger partial charge in [-0.25, -0.2) is 9.13 Å². The number of hydrogen-bond acceptors (Lipinski definition) is 14. The first-order valence-electron chi connectivity index (χ1n) is 44.8. The van der Waals surface area contributed by atoms with Crippen molar-refractivity contribution in [2.75, 3.05) is 39.6 Å². The van der Waals surface area contributed by atoms with E-state index in [1.54, 1.807) is 0 Å². The molecular formula is C95H162O16P2. The molecule has 0 heterocycles. The number of phosphoric ester groups is 2. The Morgan fingerprint density at radius 3 is 0.770 bits per heavy atom. The van der Waals surface area contributed by atoms with Crippen molar-refractivity contribution in [3.05, 3.63) is 158 Å². The largest absolute Gasteiger partial charge is 0.472 e. The predicted octanol–water partition coefficient (Wildman–Crippen LogP) is 27.3. The van der Waals surface area contributed by atoms with Crippen LogP contribution in [0.3, 0.4) is 0 Å². The summed E-state index contributed by atoms with van der Waals surface area (Å²) < 4.78 is 61.3. The smallest absolute Gasteiger partial charge is 0.463 e. The van der Waals surface area contributed by atoms with Crippen LogP contribution in [0.15, 0.2) is 158 Å². The summed E-state index contributed by atoms with van der Waals surface area (Å²) in [6.07, 6.45) is 110. The molecule has 5 atom stereocenters. The van der Waals surface area contributed by atoms with Gasteiger partial charge < -0.3 is 34.2 Å². The topological polar surface area (TPSA) is 231 Å². The van der Waals surface area contributed by atoms with Crippen LogP contribution < -0.4 is 0 Å². The van der Waals surface area contributed by atoms with Gasteiger partial charge in [-0.3, -0.25) is 32.5 Å². The van der Waals surface area contributed by atoms with Gasteiger partial charge >= 0.3 is 33.6 Å². The maximum Gasteiger partial charge on any atom is 0.472 e. The quantitative estimate of drug-likeness (QED) is 0.0146. The average molecular weight is 1620 g/mol. The molecular weight excluding hydrogens is 1460 g/mol. The molecule has 16 nitrogen and oxygen atoms in total. The molecule has 0 aromatic heterocycles. The average Bonchev–Trinajstić information content (AvgIpc) is 0.898. The molecule has 0 radical (unpaired) electrons. The molecule has 0 saturated carbocycles. The van der Waals surface area contributed by atoms with E-state index in [9.17, 15) is 43.5 Å². The summed E-state index contributed by atoms with van der Waals surface area (Å²) in [6, 6.07) is 0. The van der Waals surface area contributed by atoms with Crippen LogP contribution in [-0.4, -0.2) is 95.9 Å². The first-order chi connectivity index (χ1) is 55.2. The van der Waals surface area contributed by atoms with Crippen molar-refractivity contribution in [2.24, 2.45) is 0 Å². The second-order valence-electron chi connectivity index (χ2n) is 29.7. The third-order valence-electron chi connectivity index (χ3n) is 18.7. The van der Waals surface area contributed by atoms with Crippen LogP contribution in [0.5, 0.6) is 0 Å². The van der Waals surface area contributed by atoms with E-state index in [-0.39, 0.29) is 19.3 Å². The second kappa shape index (κ2) is 86.5. The van der Waals surface area contributed by atoms with Crippen molar-refractivity contribution in [1.82, 2.24) is 0 Å². The van der Waals surface area contributed by atoms with Gasteiger partial charge in [0.25, 0.3) is 0 Å². The maximum atomic E-state index is 13.0. The summed E-state index contributed by atoms with van der Waals surface area (Å²) >= 11 is 0. The molecule has 0 saturated heterocycles. The van der Waals surface area contributed by atoms with Crippen molar-refractivity contribution in [1.29, 1.82) is 0 Å². The van der Waals surface area contributed by atoms with Crippen LogP contribution in [0.1, 0.15) is 367 Å². The molecule has 18 heteroatoms. The fraction of sp³-hybridized carbons (Fsp3) is 0.695. The zero-order valence-corrected chi connectivity index (χ0v) is 73.0. The summed E-state index contributed by atoms with van der Waals surface area (Å²) in [7, 11) is -9.83. The van der Waals surface area contributed by atoms with Gasteiger partial charge in [0.2, 0.25) is 0 Å². The second-order valence-corrected chi connectivity index (χ2v) is 32.6. The van der Waals surface area contributed by atoms with Crippen molar-refractivity contribution in [2.45, 2.75) is 386 Å². The zero-order valence-electron chi connectivity index (χ0n) is 71.3. The van der Waals surface area contributed by atoms with E-state index in [4.69, 9.17) is 32.3 Å². The van der Waals surface area contributed by atoms with Gasteiger partial charge in [0.1, 0.15) is 25.4 Å². The Morgan fingerprint density at radius 2 is 0.478 bits per heavy atom. The predicted molar refractivity (Wildman–Crippen MR) is 472 cm³/mol. The Bertz CT molecular complexity index is 2680. The number of allylic oxidation sites excluding steroid dienone is 26. The molecule has 0 aliphatic carbocycles. The number of hydrogen-bond donors (Lipinski definition) is 4. The van der Waals surface area contributed by atoms with E-state index in [0.717, 1.165) is 122 Å². The van der Waals surface area contributed by atoms with Crippen LogP contribution >= 0.6 is 15.6 Å². The third-order valence-corrected chi connectivity index (χ3v) is 20.6. The minimum Gasteiger partial charge on any atom is -0.463 e. The van der Waals surface area contributed by atoms with Gasteiger partial charge in [0.05, 0.1) is 26.4 Å². The number of esters is 3. The number of aliphatic hydroxyl groups is 2. The minimum absolute atomic E-state index is 0.0219. The molecule has 5 unspecified atom stereocenters. The van der Waals surface area contributed by atoms with Crippen molar-refractivity contribution < 1.29 is 75.8 Å². The third kappa shape index (κ3) is 87.8. The van der Waals surface area contributed by atoms with Gasteiger partial charge in [-0.1, -0.05) is 359 Å². The SMILES string of the molecule is CC/C=C\C/C=C\C/C=C\C/C=C\C/C=C\CCCC(=O)OC(COC(=O)CCCCCCCCCCCCC/C=C\C/C=C\C/C=C\C/C=C\CCCCC)COP(=O)(O)OCC(O)COP(=O)(O)OCC(O)COC(=O)CCCCCCCCCCCCCCCCCCC/C=C\C/C=C\C/C=C\C/C=C\CCCCC. The molecule has 0 aromatic carbocycles. The van der Waals surface area contributed by atoms with Crippen LogP contribution in [0.25, 0.3) is 0 Å². The van der Waals surface area contributed by atoms with E-state index < -0.39 is 91.5 Å². The summed E-state index contributed by atoms with van der Waals surface area (Å²) in [5.74, 6) is -1.64. The molecule has 0 amide bonds. The molecule has 0 bridgehead atoms. The van der Waals surface area contributed by atoms with Gasteiger partial charge in [0.15, 0.2) is 6.10 Å². The fourth-order valence-electron chi connectivity index (χ4n) is 11.9. The Balaban J connectivity index is 4.53. The van der Waals surface area contributed by atoms with Crippen LogP contribution in [0.4, 0.5) is 0 Å². The van der Waals surface area contributed by atoms with Gasteiger partial charge in [-0.2, -0.15) is 0 Å². The summed E-state index contributed by atoms with van der Waals surface area (Å²) in [5.41, 5.74) is 0. The fourth-order valence-corrected chi connectivity index (χ4v) is 13.5. The lowest BCUT2D eigenvalue weighted by Gasteiger charge is -2.21. The summed E-state index contributed by atoms with van der Waals surface area (Å²) in [4.78, 5) is 58.8. The standard InChI is InChI=1S/C95H162O16P2/c1-4-7-10-13-16-19-22-25-28-31-33-35-37-39-41-42-43-44-45-46-48-50-51-53-55-58-60-63-66-69-72-75-78-81-93(98)105-84-90(96)85-107-112(101,102)108-86-91(97)87-109-113(103,104)110-89-92(111-95(100)83-80-77-74-71-68-65-62-57-30-27-24-21-18-15-12-9-6-3)88-106-94(99)82-79-76-73-70-67-64-61-59-56-54-52-49-47-40-38-36-34-32-29-26-23-20-17-14-11-8-5-2/h9,12,16-21,25-30,33-36,39-41,47,62,65,71,74,90-92,96-97H,4-8,10-11,13-15,22-24,31-32,37-38,42-46,48-61,63-64,66-70,72-73,75-89H2,1-3H3,(H,101,102)(H,103,104)/b12-9-,19-16-,20-17-,21-18-,28-25-,29-26-,30-27-,35-33-,36-34-,41-39-,47-40-,65-62-,74-71-. The van der Waals surface area contributed by atoms with E-state index in [1.165, 1.54) is 180 Å². The number of ether oxygens (including phenoxy) is 3. The molecule has 0 aliphatic rings. The highest BCUT2D eigenvalue weighted by Gasteiger charge is 2.29. The molecule has 0 aliphatic heterocycles. The van der Waals surface area contributed by atoms with Crippen molar-refractivity contribution in [3.8, 4) is 0 Å². The lowest BCUT2D eigenvalue weighted by atomic mass is 10.0. The highest BCUT2D eigenvalue weighted by molar-refractivity contribution is 7.47. The Hall–Kier alpha value is -4.83. The lowest BCUT2D eigenvalue weighted by Crippen LogP contribution is -2.30. The van der Waals surface area contributed by atoms with Crippen LogP contribution in [0.2, 0.25) is 0 Å². The summed E-state index contributed by atoms with van der Waals surface area (Å²) in [5, 5.41) is 20.7. The normalized spacial score (nSPS) is 14.6. The number of carbonyl (C=O) groups excluding carboxylic acids is 3. The van der Waals surface area contributed by atoms with E-state index in [2.05, 4.69) is 167 Å². The lowest BCUT2D eigenvalue weighted by molar-refractivity contribution is -0.161. The highest BCUT2D eigenvalue weighted by atomic mass is 31.2. The molecule has 4 N–H and O–H groups in total. The van der Waals surface area contributed by atoms with Gasteiger partial charge in [-0.15, -0.1) is 0 Å². The number of unbranched alkanes of at least 4 members (excludes halogenated alkanes) is 35. The van der Waals surface area contributed by atoms with E-state index in [1.807, 2.05) is 12.2 Å². The number of phosphoric acid groups is 2. The zero-order chi connectivity index (χ0) is 82.2. The number of aliphatic hydroxyl groups excluding tert-OH is 2. The Morgan fingerprint density at radius 1 is 0.257 bits per heavy atom. The molecule has 0 spiro atoms. The maximum absolute atomic E-state index is 13.0. The monoisotopic (exact) mass is 1620 g/mol. The number of rotatable bonds is 84. The Labute approximate surface area is 689 Å². The number of carbonyl (C=O) groups is 3. The molecule has 113 heavy (non-hydrogen) atoms. The molecule has 0 fully saturated rings. The van der Waals surface area contributed by atoms with Crippen LogP contribution in [-0.2, 0) is 55.8 Å². The van der Waals surface area contributed by atoms with Gasteiger partial charge in [-0.05, 0) is 148 Å².